The standard InChI is InChI=1S/C22H31N7/c1-17(24-18-7-5-11-23-15-18)29-13-6-12-27(4)20-8-9-21(25-22(20)29)28-14-10-19(16-28)26(2)3/h5,7-9,11,15,19,24H,1,6,10,12-14,16H2,2-4H3/t19-/m0/s1. The molecule has 0 radical (unpaired) electrons. The smallest absolute Gasteiger partial charge is 0.160 e. The van der Waals surface area contributed by atoms with Crippen LogP contribution >= 0.6 is 0 Å². The van der Waals surface area contributed by atoms with E-state index in [0.29, 0.717) is 6.04 Å². The number of anilines is 4. The fraction of sp³-hybridized carbons (Fsp3) is 0.455. The molecule has 0 bridgehead atoms. The number of hydrogen-bond acceptors (Lipinski definition) is 7. The summed E-state index contributed by atoms with van der Waals surface area (Å²) in [5.74, 6) is 2.84. The largest absolute Gasteiger partial charge is 0.372 e. The average molecular weight is 394 g/mol. The van der Waals surface area contributed by atoms with Gasteiger partial charge in [-0.15, -0.1) is 0 Å². The summed E-state index contributed by atoms with van der Waals surface area (Å²) >= 11 is 0. The van der Waals surface area contributed by atoms with Crippen molar-refractivity contribution in [1.29, 1.82) is 0 Å². The van der Waals surface area contributed by atoms with Gasteiger partial charge < -0.3 is 24.9 Å². The summed E-state index contributed by atoms with van der Waals surface area (Å²) in [7, 11) is 6.45. The number of nitrogens with zero attached hydrogens (tertiary/aromatic N) is 6. The Morgan fingerprint density at radius 2 is 2.07 bits per heavy atom. The Morgan fingerprint density at radius 1 is 1.21 bits per heavy atom. The van der Waals surface area contributed by atoms with E-state index in [1.165, 1.54) is 6.42 Å². The van der Waals surface area contributed by atoms with Crippen molar-refractivity contribution in [1.82, 2.24) is 14.9 Å². The highest BCUT2D eigenvalue weighted by atomic mass is 15.3. The van der Waals surface area contributed by atoms with Gasteiger partial charge in [-0.1, -0.05) is 6.58 Å². The first-order valence-corrected chi connectivity index (χ1v) is 10.3. The molecule has 0 aliphatic carbocycles. The Balaban J connectivity index is 1.62. The van der Waals surface area contributed by atoms with Crippen LogP contribution in [0.15, 0.2) is 49.1 Å². The molecule has 7 nitrogen and oxygen atoms in total. The Labute approximate surface area is 173 Å². The zero-order chi connectivity index (χ0) is 20.4. The van der Waals surface area contributed by atoms with E-state index >= 15 is 0 Å². The third kappa shape index (κ3) is 4.15. The molecule has 4 rings (SSSR count). The Bertz CT molecular complexity index is 851. The SMILES string of the molecule is C=C(Nc1cccnc1)N1CCCN(C)c2ccc(N3CC[C@H](N(C)C)C3)nc21. The summed E-state index contributed by atoms with van der Waals surface area (Å²) in [6.07, 6.45) is 5.80. The maximum absolute atomic E-state index is 5.12. The van der Waals surface area contributed by atoms with E-state index in [0.717, 1.165) is 61.4 Å². The lowest BCUT2D eigenvalue weighted by molar-refractivity contribution is 0.315. The fourth-order valence-electron chi connectivity index (χ4n) is 4.10. The van der Waals surface area contributed by atoms with Crippen molar-refractivity contribution in [3.05, 3.63) is 49.1 Å². The van der Waals surface area contributed by atoms with Crippen molar-refractivity contribution < 1.29 is 0 Å². The summed E-state index contributed by atoms with van der Waals surface area (Å²) in [6.45, 7) is 8.24. The van der Waals surface area contributed by atoms with Crippen LogP contribution in [0.4, 0.5) is 23.0 Å². The molecule has 1 fully saturated rings. The molecule has 2 aliphatic heterocycles. The monoisotopic (exact) mass is 393 g/mol. The lowest BCUT2D eigenvalue weighted by Gasteiger charge is -2.29. The first-order chi connectivity index (χ1) is 14.0. The summed E-state index contributed by atoms with van der Waals surface area (Å²) in [5, 5.41) is 3.40. The topological polar surface area (TPSA) is 50.8 Å². The van der Waals surface area contributed by atoms with Crippen molar-refractivity contribution >= 4 is 23.0 Å². The van der Waals surface area contributed by atoms with Gasteiger partial charge in [0.05, 0.1) is 17.6 Å². The fourth-order valence-corrected chi connectivity index (χ4v) is 4.10. The first kappa shape index (κ1) is 19.5. The molecule has 2 aliphatic rings. The molecular formula is C22H31N7. The number of rotatable bonds is 5. The van der Waals surface area contributed by atoms with Crippen LogP contribution in [0, 0.1) is 0 Å². The van der Waals surface area contributed by atoms with Gasteiger partial charge in [0.1, 0.15) is 11.6 Å². The van der Waals surface area contributed by atoms with Crippen molar-refractivity contribution in [3.63, 3.8) is 0 Å². The lowest BCUT2D eigenvalue weighted by atomic mass is 10.2. The Kier molecular flexibility index (Phi) is 5.58. The quantitative estimate of drug-likeness (QED) is 0.838. The molecule has 29 heavy (non-hydrogen) atoms. The van der Waals surface area contributed by atoms with Gasteiger partial charge in [0, 0.05) is 45.5 Å². The zero-order valence-electron chi connectivity index (χ0n) is 17.7. The van der Waals surface area contributed by atoms with Crippen LogP contribution in [0.1, 0.15) is 12.8 Å². The van der Waals surface area contributed by atoms with Gasteiger partial charge in [0.15, 0.2) is 5.82 Å². The highest BCUT2D eigenvalue weighted by molar-refractivity contribution is 5.73. The summed E-state index contributed by atoms with van der Waals surface area (Å²) < 4.78 is 0. The molecule has 7 heteroatoms. The van der Waals surface area contributed by atoms with Gasteiger partial charge in [-0.2, -0.15) is 0 Å². The average Bonchev–Trinajstić information content (AvgIpc) is 3.16. The summed E-state index contributed by atoms with van der Waals surface area (Å²) in [5.41, 5.74) is 2.07. The van der Waals surface area contributed by atoms with E-state index < -0.39 is 0 Å². The normalized spacial score (nSPS) is 19.3. The molecule has 154 valence electrons. The van der Waals surface area contributed by atoms with Crippen LogP contribution in [-0.4, -0.2) is 68.2 Å². The minimum Gasteiger partial charge on any atom is -0.372 e. The van der Waals surface area contributed by atoms with Crippen molar-refractivity contribution in [2.45, 2.75) is 18.9 Å². The third-order valence-corrected chi connectivity index (χ3v) is 5.88. The molecule has 0 saturated carbocycles. The summed E-state index contributed by atoms with van der Waals surface area (Å²) in [4.78, 5) is 18.5. The molecule has 0 amide bonds. The van der Waals surface area contributed by atoms with E-state index in [9.17, 15) is 0 Å². The third-order valence-electron chi connectivity index (χ3n) is 5.88. The second-order valence-corrected chi connectivity index (χ2v) is 8.10. The number of fused-ring (bicyclic) bond motifs is 1. The Morgan fingerprint density at radius 3 is 2.79 bits per heavy atom. The molecule has 0 aromatic carbocycles. The molecule has 2 aromatic heterocycles. The number of hydrogen-bond donors (Lipinski definition) is 1. The second-order valence-electron chi connectivity index (χ2n) is 8.10. The predicted octanol–water partition coefficient (Wildman–Crippen LogP) is 2.85. The van der Waals surface area contributed by atoms with Crippen LogP contribution in [-0.2, 0) is 0 Å². The number of likely N-dealkylation sites (N-methyl/N-ethyl adjacent to an activating group) is 1. The summed E-state index contributed by atoms with van der Waals surface area (Å²) in [6, 6.07) is 8.87. The van der Waals surface area contributed by atoms with E-state index in [1.807, 2.05) is 18.3 Å². The van der Waals surface area contributed by atoms with Crippen LogP contribution in [0.2, 0.25) is 0 Å². The number of nitrogens with one attached hydrogen (secondary N) is 1. The van der Waals surface area contributed by atoms with Crippen molar-refractivity contribution in [2.75, 3.05) is 67.3 Å². The van der Waals surface area contributed by atoms with E-state index in [2.05, 4.69) is 69.8 Å². The molecule has 1 atom stereocenters. The van der Waals surface area contributed by atoms with Gasteiger partial charge in [-0.3, -0.25) is 4.98 Å². The predicted molar refractivity (Wildman–Crippen MR) is 121 cm³/mol. The van der Waals surface area contributed by atoms with Gasteiger partial charge in [0.25, 0.3) is 0 Å². The van der Waals surface area contributed by atoms with Crippen LogP contribution in [0.25, 0.3) is 0 Å². The minimum atomic E-state index is 0.580. The van der Waals surface area contributed by atoms with Gasteiger partial charge in [0.2, 0.25) is 0 Å². The molecule has 0 spiro atoms. The Hall–Kier alpha value is -2.80. The van der Waals surface area contributed by atoms with Gasteiger partial charge >= 0.3 is 0 Å². The lowest BCUT2D eigenvalue weighted by Crippen LogP contribution is -2.32. The van der Waals surface area contributed by atoms with Gasteiger partial charge in [-0.25, -0.2) is 4.98 Å². The van der Waals surface area contributed by atoms with E-state index in [1.54, 1.807) is 6.20 Å². The van der Waals surface area contributed by atoms with Crippen molar-refractivity contribution in [2.24, 2.45) is 0 Å². The molecule has 1 saturated heterocycles. The maximum Gasteiger partial charge on any atom is 0.160 e. The minimum absolute atomic E-state index is 0.580. The molecule has 2 aromatic rings. The van der Waals surface area contributed by atoms with E-state index in [-0.39, 0.29) is 0 Å². The van der Waals surface area contributed by atoms with Crippen LogP contribution in [0.5, 0.6) is 0 Å². The van der Waals surface area contributed by atoms with E-state index in [4.69, 9.17) is 4.98 Å². The molecular weight excluding hydrogens is 362 g/mol. The highest BCUT2D eigenvalue weighted by Gasteiger charge is 2.28. The number of aromatic nitrogens is 2. The van der Waals surface area contributed by atoms with Crippen LogP contribution < -0.4 is 20.0 Å². The molecule has 4 heterocycles. The van der Waals surface area contributed by atoms with Gasteiger partial charge in [-0.05, 0) is 51.2 Å². The zero-order valence-corrected chi connectivity index (χ0v) is 17.7. The maximum atomic E-state index is 5.12. The highest BCUT2D eigenvalue weighted by Crippen LogP contribution is 2.35. The second kappa shape index (κ2) is 8.29. The first-order valence-electron chi connectivity index (χ1n) is 10.3. The van der Waals surface area contributed by atoms with Crippen LogP contribution in [0.3, 0.4) is 0 Å². The molecule has 1 N–H and O–H groups in total. The number of pyridine rings is 2. The van der Waals surface area contributed by atoms with Crippen molar-refractivity contribution in [3.8, 4) is 0 Å². The molecule has 0 unspecified atom stereocenters.